The molecule has 0 N–H and O–H groups in total. The molecule has 1 unspecified atom stereocenters. The Bertz CT molecular complexity index is 560. The molecule has 0 amide bonds. The van der Waals surface area contributed by atoms with E-state index in [0.29, 0.717) is 5.75 Å². The molecule has 0 saturated carbocycles. The van der Waals surface area contributed by atoms with Gasteiger partial charge in [0.15, 0.2) is 10.2 Å². The van der Waals surface area contributed by atoms with Crippen LogP contribution in [0.1, 0.15) is 69.2 Å². The number of hydrogen-bond donors (Lipinski definition) is 0. The largest absolute Gasteiger partial charge is 0.409 e. The van der Waals surface area contributed by atoms with Crippen molar-refractivity contribution in [1.82, 2.24) is 4.67 Å². The van der Waals surface area contributed by atoms with Gasteiger partial charge in [-0.15, -0.1) is 0 Å². The molecule has 0 rings (SSSR count). The lowest BCUT2D eigenvalue weighted by molar-refractivity contribution is -0.118. The molecule has 0 radical (unpaired) electrons. The summed E-state index contributed by atoms with van der Waals surface area (Å²) >= 11 is 2.17. The van der Waals surface area contributed by atoms with Crippen LogP contribution < -0.4 is 0 Å². The Kier molecular flexibility index (Phi) is 11.6. The van der Waals surface area contributed by atoms with Gasteiger partial charge in [-0.2, -0.15) is 0 Å². The molecule has 0 aliphatic carbocycles. The Morgan fingerprint density at radius 3 is 1.68 bits per heavy atom. The fourth-order valence-electron chi connectivity index (χ4n) is 2.20. The quantitative estimate of drug-likeness (QED) is 0.232. The number of carbonyl (C=O) groups is 2. The van der Waals surface area contributed by atoms with E-state index in [2.05, 4.69) is 0 Å². The second kappa shape index (κ2) is 11.5. The molecule has 0 fully saturated rings. The van der Waals surface area contributed by atoms with E-state index in [1.54, 1.807) is 4.67 Å². The molecule has 0 aromatic carbocycles. The Hall–Kier alpha value is 0.150. The molecule has 28 heavy (non-hydrogen) atoms. The van der Waals surface area contributed by atoms with Crippen LogP contribution in [-0.2, 0) is 23.2 Å². The number of thioether (sulfide) groups is 2. The molecule has 0 saturated heterocycles. The van der Waals surface area contributed by atoms with E-state index in [-0.39, 0.29) is 34.9 Å². The predicted molar refractivity (Wildman–Crippen MR) is 121 cm³/mol. The van der Waals surface area contributed by atoms with Crippen molar-refractivity contribution in [2.24, 2.45) is 10.8 Å². The highest BCUT2D eigenvalue weighted by Crippen LogP contribution is 2.55. The van der Waals surface area contributed by atoms with Crippen LogP contribution in [-0.4, -0.2) is 45.3 Å². The van der Waals surface area contributed by atoms with Crippen LogP contribution in [0.5, 0.6) is 0 Å². The zero-order valence-corrected chi connectivity index (χ0v) is 21.6. The topological polar surface area (TPSA) is 72.9 Å². The van der Waals surface area contributed by atoms with Gasteiger partial charge in [0.05, 0.1) is 6.61 Å². The standard InChI is InChI=1S/C19H38NO5PS2/c1-14(2)20(15(3)4)26(23,25-13-28-17(22)19(8,9)10)24-11-12-27-16(21)18(5,6)7/h14-15H,11-13H2,1-10H3. The van der Waals surface area contributed by atoms with Gasteiger partial charge >= 0.3 is 7.75 Å². The molecule has 166 valence electrons. The normalized spacial score (nSPS) is 15.3. The Labute approximate surface area is 179 Å². The molecular weight excluding hydrogens is 417 g/mol. The van der Waals surface area contributed by atoms with Crippen LogP contribution in [0.15, 0.2) is 0 Å². The summed E-state index contributed by atoms with van der Waals surface area (Å²) in [6.07, 6.45) is 0. The van der Waals surface area contributed by atoms with Crippen molar-refractivity contribution in [1.29, 1.82) is 0 Å². The fraction of sp³-hybridized carbons (Fsp3) is 0.895. The van der Waals surface area contributed by atoms with Gasteiger partial charge in [0.2, 0.25) is 0 Å². The maximum Gasteiger partial charge on any atom is 0.409 e. The van der Waals surface area contributed by atoms with Crippen LogP contribution >= 0.6 is 31.3 Å². The Morgan fingerprint density at radius 2 is 1.29 bits per heavy atom. The first-order valence-electron chi connectivity index (χ1n) is 9.54. The van der Waals surface area contributed by atoms with Gasteiger partial charge in [0.25, 0.3) is 0 Å². The van der Waals surface area contributed by atoms with E-state index < -0.39 is 18.6 Å². The van der Waals surface area contributed by atoms with Gasteiger partial charge in [-0.1, -0.05) is 65.1 Å². The van der Waals surface area contributed by atoms with Crippen molar-refractivity contribution >= 4 is 41.5 Å². The summed E-state index contributed by atoms with van der Waals surface area (Å²) < 4.78 is 26.6. The van der Waals surface area contributed by atoms with E-state index in [1.165, 1.54) is 11.8 Å². The van der Waals surface area contributed by atoms with Gasteiger partial charge in [0, 0.05) is 28.7 Å². The summed E-state index contributed by atoms with van der Waals surface area (Å²) in [5.74, 6) is 0.346. The summed E-state index contributed by atoms with van der Waals surface area (Å²) in [4.78, 5) is 24.2. The minimum Gasteiger partial charge on any atom is -0.296 e. The van der Waals surface area contributed by atoms with Crippen molar-refractivity contribution < 1.29 is 23.2 Å². The summed E-state index contributed by atoms with van der Waals surface area (Å²) in [7, 11) is -3.62. The molecule has 0 aliphatic heterocycles. The average Bonchev–Trinajstić information content (AvgIpc) is 2.48. The lowest BCUT2D eigenvalue weighted by Crippen LogP contribution is -2.36. The third-order valence-electron chi connectivity index (χ3n) is 3.54. The van der Waals surface area contributed by atoms with Crippen molar-refractivity contribution in [2.75, 3.05) is 18.3 Å². The molecule has 0 aromatic heterocycles. The summed E-state index contributed by atoms with van der Waals surface area (Å²) in [6, 6.07) is -0.143. The maximum atomic E-state index is 13.5. The summed E-state index contributed by atoms with van der Waals surface area (Å²) in [5, 5.41) is 0.0220. The van der Waals surface area contributed by atoms with Crippen LogP contribution in [0.25, 0.3) is 0 Å². The van der Waals surface area contributed by atoms with E-state index >= 15 is 0 Å². The number of hydrogen-bond acceptors (Lipinski definition) is 7. The first-order chi connectivity index (χ1) is 12.5. The van der Waals surface area contributed by atoms with Gasteiger partial charge in [-0.3, -0.25) is 18.6 Å². The van der Waals surface area contributed by atoms with E-state index in [1.807, 2.05) is 69.2 Å². The minimum absolute atomic E-state index is 0.0361. The molecule has 0 heterocycles. The third-order valence-corrected chi connectivity index (χ3v) is 8.53. The number of rotatable bonds is 10. The predicted octanol–water partition coefficient (Wildman–Crippen LogP) is 5.82. The lowest BCUT2D eigenvalue weighted by Gasteiger charge is -2.35. The van der Waals surface area contributed by atoms with Gasteiger partial charge < -0.3 is 0 Å². The fourth-order valence-corrected chi connectivity index (χ4v) is 6.19. The van der Waals surface area contributed by atoms with Gasteiger partial charge in [0.1, 0.15) is 5.94 Å². The number of nitrogens with zero attached hydrogens (tertiary/aromatic N) is 1. The Balaban J connectivity index is 5.07. The highest BCUT2D eigenvalue weighted by Gasteiger charge is 2.38. The zero-order chi connectivity index (χ0) is 22.3. The second-order valence-corrected chi connectivity index (χ2v) is 13.1. The maximum absolute atomic E-state index is 13.5. The number of carbonyl (C=O) groups excluding carboxylic acids is 2. The van der Waals surface area contributed by atoms with Crippen LogP contribution in [0, 0.1) is 10.8 Å². The van der Waals surface area contributed by atoms with E-state index in [9.17, 15) is 14.2 Å². The van der Waals surface area contributed by atoms with Gasteiger partial charge in [-0.25, -0.2) is 9.24 Å². The first-order valence-corrected chi connectivity index (χ1v) is 13.0. The average molecular weight is 456 g/mol. The molecular formula is C19H38NO5PS2. The molecule has 6 nitrogen and oxygen atoms in total. The van der Waals surface area contributed by atoms with E-state index in [0.717, 1.165) is 11.8 Å². The monoisotopic (exact) mass is 455 g/mol. The Morgan fingerprint density at radius 1 is 0.857 bits per heavy atom. The van der Waals surface area contributed by atoms with Crippen LogP contribution in [0.4, 0.5) is 0 Å². The highest BCUT2D eigenvalue weighted by molar-refractivity contribution is 8.14. The zero-order valence-electron chi connectivity index (χ0n) is 19.0. The molecule has 0 spiro atoms. The second-order valence-electron chi connectivity index (χ2n) is 9.18. The van der Waals surface area contributed by atoms with Crippen molar-refractivity contribution in [3.05, 3.63) is 0 Å². The van der Waals surface area contributed by atoms with Crippen molar-refractivity contribution in [3.8, 4) is 0 Å². The molecule has 1 atom stereocenters. The summed E-state index contributed by atoms with van der Waals surface area (Å²) in [5.41, 5.74) is -0.935. The van der Waals surface area contributed by atoms with Crippen molar-refractivity contribution in [3.63, 3.8) is 0 Å². The molecule has 0 aromatic rings. The highest BCUT2D eigenvalue weighted by atomic mass is 32.2. The van der Waals surface area contributed by atoms with Crippen LogP contribution in [0.3, 0.4) is 0 Å². The molecule has 0 aliphatic rings. The van der Waals surface area contributed by atoms with Crippen LogP contribution in [0.2, 0.25) is 0 Å². The first kappa shape index (κ1) is 28.1. The van der Waals surface area contributed by atoms with E-state index in [4.69, 9.17) is 9.05 Å². The lowest BCUT2D eigenvalue weighted by atomic mass is 9.99. The third kappa shape index (κ3) is 9.77. The summed E-state index contributed by atoms with van der Waals surface area (Å²) in [6.45, 7) is 18.9. The minimum atomic E-state index is -3.62. The SMILES string of the molecule is CC(C)N(C(C)C)P(=O)(OCCSC(=O)C(C)(C)C)OCSC(=O)C(C)(C)C. The smallest absolute Gasteiger partial charge is 0.296 e. The van der Waals surface area contributed by atoms with Crippen molar-refractivity contribution in [2.45, 2.75) is 81.3 Å². The molecule has 0 bridgehead atoms. The molecule has 9 heteroatoms. The van der Waals surface area contributed by atoms with Gasteiger partial charge in [-0.05, 0) is 27.7 Å².